The summed E-state index contributed by atoms with van der Waals surface area (Å²) in [6.07, 6.45) is 4.35. The third kappa shape index (κ3) is 3.81. The van der Waals surface area contributed by atoms with E-state index in [0.29, 0.717) is 26.1 Å². The highest BCUT2D eigenvalue weighted by Gasteiger charge is 2.27. The molecule has 6 nitrogen and oxygen atoms in total. The number of nitrogens with one attached hydrogen (secondary N) is 1. The van der Waals surface area contributed by atoms with Gasteiger partial charge in [-0.25, -0.2) is 4.98 Å². The van der Waals surface area contributed by atoms with Crippen LogP contribution in [0.1, 0.15) is 47.6 Å². The minimum Gasteiger partial charge on any atom is -0.349 e. The van der Waals surface area contributed by atoms with Crippen LogP contribution in [0.5, 0.6) is 0 Å². The number of carbonyl (C=O) groups excluding carboxylic acids is 2. The fraction of sp³-hybridized carbons (Fsp3) is 0.500. The Labute approximate surface area is 165 Å². The number of rotatable bonds is 5. The molecule has 0 spiro atoms. The SMILES string of the molecule is Cc1cccc(CC(=O)N2CCc3nc(CNC(=O)C4CCC4)n(C)c3C2)c1. The van der Waals surface area contributed by atoms with E-state index in [9.17, 15) is 9.59 Å². The predicted octanol–water partition coefficient (Wildman–Crippen LogP) is 2.27. The van der Waals surface area contributed by atoms with Gasteiger partial charge in [-0.15, -0.1) is 0 Å². The zero-order valence-corrected chi connectivity index (χ0v) is 16.7. The second-order valence-corrected chi connectivity index (χ2v) is 8.06. The van der Waals surface area contributed by atoms with E-state index in [0.717, 1.165) is 48.5 Å². The van der Waals surface area contributed by atoms with Crippen molar-refractivity contribution in [2.75, 3.05) is 6.54 Å². The number of hydrogen-bond acceptors (Lipinski definition) is 3. The predicted molar refractivity (Wildman–Crippen MR) is 106 cm³/mol. The van der Waals surface area contributed by atoms with Crippen LogP contribution in [0.3, 0.4) is 0 Å². The minimum atomic E-state index is 0.141. The molecule has 0 bridgehead atoms. The maximum Gasteiger partial charge on any atom is 0.227 e. The number of carbonyl (C=O) groups is 2. The van der Waals surface area contributed by atoms with E-state index < -0.39 is 0 Å². The lowest BCUT2D eigenvalue weighted by atomic mass is 9.85. The topological polar surface area (TPSA) is 67.2 Å². The molecule has 1 saturated carbocycles. The first-order valence-electron chi connectivity index (χ1n) is 10.2. The molecule has 2 aromatic rings. The number of benzene rings is 1. The monoisotopic (exact) mass is 380 g/mol. The highest BCUT2D eigenvalue weighted by atomic mass is 16.2. The molecule has 0 atom stereocenters. The molecule has 6 heteroatoms. The summed E-state index contributed by atoms with van der Waals surface area (Å²) in [6, 6.07) is 8.12. The van der Waals surface area contributed by atoms with Crippen molar-refractivity contribution in [1.82, 2.24) is 19.8 Å². The van der Waals surface area contributed by atoms with Gasteiger partial charge in [-0.05, 0) is 25.3 Å². The molecular formula is C22H28N4O2. The fourth-order valence-electron chi connectivity index (χ4n) is 4.00. The first-order chi connectivity index (χ1) is 13.5. The molecule has 0 saturated heterocycles. The molecular weight excluding hydrogens is 352 g/mol. The quantitative estimate of drug-likeness (QED) is 0.865. The lowest BCUT2D eigenvalue weighted by molar-refractivity contribution is -0.131. The number of imidazole rings is 1. The van der Waals surface area contributed by atoms with Crippen LogP contribution in [0.15, 0.2) is 24.3 Å². The Balaban J connectivity index is 1.39. The Bertz CT molecular complexity index is 898. The van der Waals surface area contributed by atoms with E-state index in [1.807, 2.05) is 41.6 Å². The molecule has 1 aliphatic carbocycles. The number of aromatic nitrogens is 2. The van der Waals surface area contributed by atoms with Crippen molar-refractivity contribution < 1.29 is 9.59 Å². The molecule has 2 aliphatic rings. The number of aryl methyl sites for hydroxylation is 1. The number of hydrogen-bond donors (Lipinski definition) is 1. The van der Waals surface area contributed by atoms with Gasteiger partial charge in [0.15, 0.2) is 0 Å². The zero-order chi connectivity index (χ0) is 19.7. The second-order valence-electron chi connectivity index (χ2n) is 8.06. The smallest absolute Gasteiger partial charge is 0.227 e. The number of amides is 2. The molecule has 2 heterocycles. The molecule has 28 heavy (non-hydrogen) atoms. The van der Waals surface area contributed by atoms with Gasteiger partial charge in [0, 0.05) is 25.9 Å². The number of fused-ring (bicyclic) bond motifs is 1. The van der Waals surface area contributed by atoms with Crippen molar-refractivity contribution in [3.05, 3.63) is 52.6 Å². The molecule has 148 valence electrons. The van der Waals surface area contributed by atoms with Crippen molar-refractivity contribution in [1.29, 1.82) is 0 Å². The van der Waals surface area contributed by atoms with Gasteiger partial charge in [-0.3, -0.25) is 9.59 Å². The Morgan fingerprint density at radius 1 is 1.29 bits per heavy atom. The van der Waals surface area contributed by atoms with Crippen LogP contribution >= 0.6 is 0 Å². The van der Waals surface area contributed by atoms with Crippen molar-refractivity contribution in [2.45, 2.75) is 52.1 Å². The van der Waals surface area contributed by atoms with Gasteiger partial charge < -0.3 is 14.8 Å². The third-order valence-electron chi connectivity index (χ3n) is 6.04. The van der Waals surface area contributed by atoms with Gasteiger partial charge in [0.25, 0.3) is 0 Å². The maximum atomic E-state index is 12.8. The molecule has 0 radical (unpaired) electrons. The Kier molecular flexibility index (Phi) is 5.20. The summed E-state index contributed by atoms with van der Waals surface area (Å²) in [5, 5.41) is 3.02. The van der Waals surface area contributed by atoms with E-state index in [1.54, 1.807) is 0 Å². The molecule has 4 rings (SSSR count). The van der Waals surface area contributed by atoms with E-state index in [4.69, 9.17) is 4.98 Å². The van der Waals surface area contributed by atoms with Crippen LogP contribution in [0.25, 0.3) is 0 Å². The first kappa shape index (κ1) is 18.7. The molecule has 1 aromatic heterocycles. The Hall–Kier alpha value is -2.63. The summed E-state index contributed by atoms with van der Waals surface area (Å²) in [7, 11) is 1.98. The summed E-state index contributed by atoms with van der Waals surface area (Å²) in [6.45, 7) is 3.78. The highest BCUT2D eigenvalue weighted by Crippen LogP contribution is 2.26. The molecule has 1 fully saturated rings. The second kappa shape index (κ2) is 7.78. The van der Waals surface area contributed by atoms with E-state index in [1.165, 1.54) is 5.56 Å². The van der Waals surface area contributed by atoms with E-state index in [2.05, 4.69) is 11.4 Å². The van der Waals surface area contributed by atoms with Gasteiger partial charge in [0.1, 0.15) is 5.82 Å². The van der Waals surface area contributed by atoms with Crippen LogP contribution < -0.4 is 5.32 Å². The van der Waals surface area contributed by atoms with Gasteiger partial charge in [-0.2, -0.15) is 0 Å². The molecule has 1 N–H and O–H groups in total. The van der Waals surface area contributed by atoms with Gasteiger partial charge in [0.2, 0.25) is 11.8 Å². The molecule has 1 aromatic carbocycles. The largest absolute Gasteiger partial charge is 0.349 e. The first-order valence-corrected chi connectivity index (χ1v) is 10.2. The zero-order valence-electron chi connectivity index (χ0n) is 16.7. The van der Waals surface area contributed by atoms with Crippen LogP contribution in [-0.2, 0) is 42.6 Å². The molecule has 1 aliphatic heterocycles. The van der Waals surface area contributed by atoms with Crippen LogP contribution in [-0.4, -0.2) is 32.8 Å². The summed E-state index contributed by atoms with van der Waals surface area (Å²) in [4.78, 5) is 31.5. The fourth-order valence-corrected chi connectivity index (χ4v) is 4.00. The summed E-state index contributed by atoms with van der Waals surface area (Å²) in [5.74, 6) is 1.34. The Morgan fingerprint density at radius 3 is 2.82 bits per heavy atom. The lowest BCUT2D eigenvalue weighted by Gasteiger charge is -2.27. The van der Waals surface area contributed by atoms with Gasteiger partial charge >= 0.3 is 0 Å². The van der Waals surface area contributed by atoms with Crippen molar-refractivity contribution in [2.24, 2.45) is 13.0 Å². The maximum absolute atomic E-state index is 12.8. The average Bonchev–Trinajstić information content (AvgIpc) is 2.94. The van der Waals surface area contributed by atoms with Crippen LogP contribution in [0.2, 0.25) is 0 Å². The van der Waals surface area contributed by atoms with Crippen molar-refractivity contribution >= 4 is 11.8 Å². The summed E-state index contributed by atoms with van der Waals surface area (Å²) >= 11 is 0. The highest BCUT2D eigenvalue weighted by molar-refractivity contribution is 5.79. The third-order valence-corrected chi connectivity index (χ3v) is 6.04. The summed E-state index contributed by atoms with van der Waals surface area (Å²) < 4.78 is 2.04. The molecule has 0 unspecified atom stereocenters. The number of nitrogens with zero attached hydrogens (tertiary/aromatic N) is 3. The Morgan fingerprint density at radius 2 is 2.11 bits per heavy atom. The van der Waals surface area contributed by atoms with Crippen LogP contribution in [0.4, 0.5) is 0 Å². The normalized spacial score (nSPS) is 16.4. The summed E-state index contributed by atoms with van der Waals surface area (Å²) in [5.41, 5.74) is 4.36. The van der Waals surface area contributed by atoms with Gasteiger partial charge in [-0.1, -0.05) is 36.2 Å². The van der Waals surface area contributed by atoms with Crippen molar-refractivity contribution in [3.63, 3.8) is 0 Å². The van der Waals surface area contributed by atoms with Gasteiger partial charge in [0.05, 0.1) is 30.9 Å². The minimum absolute atomic E-state index is 0.141. The lowest BCUT2D eigenvalue weighted by Crippen LogP contribution is -2.37. The van der Waals surface area contributed by atoms with Crippen LogP contribution in [0, 0.1) is 12.8 Å². The van der Waals surface area contributed by atoms with E-state index in [-0.39, 0.29) is 17.7 Å². The molecule has 2 amide bonds. The van der Waals surface area contributed by atoms with E-state index >= 15 is 0 Å². The standard InChI is InChI=1S/C22H28N4O2/c1-15-5-3-6-16(11-15)12-21(27)26-10-9-18-19(14-26)25(2)20(24-18)13-23-22(28)17-7-4-8-17/h3,5-6,11,17H,4,7-10,12-14H2,1-2H3,(H,23,28). The average molecular weight is 380 g/mol. The van der Waals surface area contributed by atoms with Crippen molar-refractivity contribution in [3.8, 4) is 0 Å².